The Labute approximate surface area is 169 Å². The first-order chi connectivity index (χ1) is 13.8. The lowest BCUT2D eigenvalue weighted by molar-refractivity contribution is -0.117. The van der Waals surface area contributed by atoms with Crippen molar-refractivity contribution in [1.29, 1.82) is 5.26 Å². The van der Waals surface area contributed by atoms with Gasteiger partial charge in [0.05, 0.1) is 23.9 Å². The molecule has 8 nitrogen and oxygen atoms in total. The van der Waals surface area contributed by atoms with Crippen molar-refractivity contribution in [2.24, 2.45) is 0 Å². The molecule has 2 aromatic heterocycles. The van der Waals surface area contributed by atoms with Crippen molar-refractivity contribution in [3.05, 3.63) is 64.6 Å². The number of hydrogen-bond donors (Lipinski definition) is 1. The van der Waals surface area contributed by atoms with E-state index in [9.17, 15) is 4.79 Å². The highest BCUT2D eigenvalue weighted by atomic mass is 16.2. The average molecular weight is 389 g/mol. The largest absolute Gasteiger partial charge is 0.309 e. The summed E-state index contributed by atoms with van der Waals surface area (Å²) in [5.41, 5.74) is 4.00. The van der Waals surface area contributed by atoms with E-state index in [2.05, 4.69) is 26.5 Å². The molecular weight excluding hydrogens is 366 g/mol. The lowest BCUT2D eigenvalue weighted by atomic mass is 10.1. The Morgan fingerprint density at radius 3 is 2.55 bits per heavy atom. The molecule has 1 amide bonds. The molecule has 0 aliphatic heterocycles. The molecule has 3 rings (SSSR count). The lowest BCUT2D eigenvalue weighted by Crippen LogP contribution is -2.30. The van der Waals surface area contributed by atoms with Crippen LogP contribution in [0.2, 0.25) is 0 Å². The second-order valence-corrected chi connectivity index (χ2v) is 7.07. The Bertz CT molecular complexity index is 1060. The average Bonchev–Trinajstić information content (AvgIpc) is 3.00. The molecule has 0 saturated heterocycles. The second-order valence-electron chi connectivity index (χ2n) is 7.07. The number of aromatic nitrogens is 4. The Hall–Kier alpha value is -3.57. The highest BCUT2D eigenvalue weighted by Crippen LogP contribution is 2.15. The number of anilines is 1. The molecule has 29 heavy (non-hydrogen) atoms. The fourth-order valence-corrected chi connectivity index (χ4v) is 3.08. The number of amides is 1. The summed E-state index contributed by atoms with van der Waals surface area (Å²) >= 11 is 0. The van der Waals surface area contributed by atoms with Crippen LogP contribution in [0.4, 0.5) is 5.82 Å². The molecule has 3 aromatic rings. The number of carbonyl (C=O) groups is 1. The molecule has 0 aliphatic rings. The van der Waals surface area contributed by atoms with Crippen LogP contribution in [0.25, 0.3) is 5.95 Å². The van der Waals surface area contributed by atoms with Gasteiger partial charge in [-0.15, -0.1) is 0 Å². The van der Waals surface area contributed by atoms with Gasteiger partial charge in [-0.1, -0.05) is 12.1 Å². The van der Waals surface area contributed by atoms with Crippen LogP contribution in [-0.4, -0.2) is 44.1 Å². The van der Waals surface area contributed by atoms with Crippen molar-refractivity contribution in [3.8, 4) is 12.0 Å². The maximum atomic E-state index is 12.6. The van der Waals surface area contributed by atoms with Crippen LogP contribution in [0.3, 0.4) is 0 Å². The molecule has 0 saturated carbocycles. The number of benzene rings is 1. The van der Waals surface area contributed by atoms with Gasteiger partial charge in [-0.3, -0.25) is 9.69 Å². The summed E-state index contributed by atoms with van der Waals surface area (Å²) in [6.07, 6.45) is 0. The van der Waals surface area contributed by atoms with Gasteiger partial charge in [0.25, 0.3) is 5.95 Å². The third-order valence-electron chi connectivity index (χ3n) is 4.18. The SMILES string of the molecule is Cc1cc(C)nc(-n2nc(C)cc2NC(=O)CN(C)Cc2cccc(C#N)c2)n1. The molecule has 0 aliphatic carbocycles. The quantitative estimate of drug-likeness (QED) is 0.695. The molecule has 148 valence electrons. The molecule has 1 N–H and O–H groups in total. The number of rotatable bonds is 6. The molecule has 0 fully saturated rings. The zero-order valence-electron chi connectivity index (χ0n) is 17.0. The van der Waals surface area contributed by atoms with E-state index in [1.807, 2.05) is 57.0 Å². The molecule has 0 radical (unpaired) electrons. The smallest absolute Gasteiger partial charge is 0.252 e. The minimum absolute atomic E-state index is 0.172. The highest BCUT2D eigenvalue weighted by Gasteiger charge is 2.15. The zero-order valence-corrected chi connectivity index (χ0v) is 17.0. The summed E-state index contributed by atoms with van der Waals surface area (Å²) in [4.78, 5) is 23.3. The Kier molecular flexibility index (Phi) is 6.00. The van der Waals surface area contributed by atoms with Crippen LogP contribution in [-0.2, 0) is 11.3 Å². The lowest BCUT2D eigenvalue weighted by Gasteiger charge is -2.16. The second kappa shape index (κ2) is 8.63. The maximum Gasteiger partial charge on any atom is 0.252 e. The van der Waals surface area contributed by atoms with E-state index in [0.29, 0.717) is 23.9 Å². The number of aryl methyl sites for hydroxylation is 3. The molecule has 0 spiro atoms. The van der Waals surface area contributed by atoms with Crippen LogP contribution in [0.1, 0.15) is 28.2 Å². The molecule has 0 bridgehead atoms. The van der Waals surface area contributed by atoms with Crippen molar-refractivity contribution in [2.45, 2.75) is 27.3 Å². The van der Waals surface area contributed by atoms with E-state index in [-0.39, 0.29) is 12.5 Å². The summed E-state index contributed by atoms with van der Waals surface area (Å²) in [5, 5.41) is 16.3. The van der Waals surface area contributed by atoms with Gasteiger partial charge in [0, 0.05) is 24.0 Å². The van der Waals surface area contributed by atoms with E-state index in [1.165, 1.54) is 0 Å². The predicted octanol–water partition coefficient (Wildman–Crippen LogP) is 2.53. The van der Waals surface area contributed by atoms with E-state index in [1.54, 1.807) is 16.8 Å². The van der Waals surface area contributed by atoms with Crippen LogP contribution in [0.15, 0.2) is 36.4 Å². The highest BCUT2D eigenvalue weighted by molar-refractivity contribution is 5.91. The summed E-state index contributed by atoms with van der Waals surface area (Å²) in [6.45, 7) is 6.38. The topological polar surface area (TPSA) is 99.7 Å². The predicted molar refractivity (Wildman–Crippen MR) is 109 cm³/mol. The van der Waals surface area contributed by atoms with Crippen molar-refractivity contribution in [3.63, 3.8) is 0 Å². The van der Waals surface area contributed by atoms with E-state index in [0.717, 1.165) is 22.6 Å². The van der Waals surface area contributed by atoms with Gasteiger partial charge in [-0.2, -0.15) is 15.0 Å². The molecule has 0 atom stereocenters. The standard InChI is InChI=1S/C21H23N7O/c1-14-8-15(2)24-21(23-14)28-19(9-16(3)26-28)25-20(29)13-27(4)12-18-7-5-6-17(10-18)11-22/h5-10H,12-13H2,1-4H3,(H,25,29). The first kappa shape index (κ1) is 20.2. The number of nitrogens with zero attached hydrogens (tertiary/aromatic N) is 6. The van der Waals surface area contributed by atoms with Gasteiger partial charge >= 0.3 is 0 Å². The van der Waals surface area contributed by atoms with Gasteiger partial charge in [0.15, 0.2) is 0 Å². The summed E-state index contributed by atoms with van der Waals surface area (Å²) in [6, 6.07) is 13.2. The number of nitriles is 1. The van der Waals surface area contributed by atoms with E-state index >= 15 is 0 Å². The van der Waals surface area contributed by atoms with Crippen molar-refractivity contribution < 1.29 is 4.79 Å². The number of nitrogens with one attached hydrogen (secondary N) is 1. The van der Waals surface area contributed by atoms with Crippen LogP contribution < -0.4 is 5.32 Å². The molecule has 1 aromatic carbocycles. The van der Waals surface area contributed by atoms with E-state index in [4.69, 9.17) is 5.26 Å². The normalized spacial score (nSPS) is 10.8. The van der Waals surface area contributed by atoms with Gasteiger partial charge in [-0.05, 0) is 51.6 Å². The van der Waals surface area contributed by atoms with Gasteiger partial charge < -0.3 is 5.32 Å². The van der Waals surface area contributed by atoms with Crippen LogP contribution in [0, 0.1) is 32.1 Å². The number of likely N-dealkylation sites (N-methyl/N-ethyl adjacent to an activating group) is 1. The van der Waals surface area contributed by atoms with Crippen molar-refractivity contribution in [2.75, 3.05) is 18.9 Å². The maximum absolute atomic E-state index is 12.6. The van der Waals surface area contributed by atoms with Crippen LogP contribution in [0.5, 0.6) is 0 Å². The van der Waals surface area contributed by atoms with Crippen LogP contribution >= 0.6 is 0 Å². The van der Waals surface area contributed by atoms with Gasteiger partial charge in [0.1, 0.15) is 5.82 Å². The third-order valence-corrected chi connectivity index (χ3v) is 4.18. The van der Waals surface area contributed by atoms with Crippen molar-refractivity contribution in [1.82, 2.24) is 24.6 Å². The fraction of sp³-hybridized carbons (Fsp3) is 0.286. The fourth-order valence-electron chi connectivity index (χ4n) is 3.08. The Balaban J connectivity index is 1.70. The Morgan fingerprint density at radius 2 is 1.86 bits per heavy atom. The summed E-state index contributed by atoms with van der Waals surface area (Å²) < 4.78 is 1.55. The molecular formula is C21H23N7O. The number of hydrogen-bond acceptors (Lipinski definition) is 6. The summed E-state index contributed by atoms with van der Waals surface area (Å²) in [5.74, 6) is 0.777. The van der Waals surface area contributed by atoms with Gasteiger partial charge in [-0.25, -0.2) is 9.97 Å². The third kappa shape index (κ3) is 5.24. The first-order valence-electron chi connectivity index (χ1n) is 9.21. The number of carbonyl (C=O) groups excluding carboxylic acids is 1. The molecule has 8 heteroatoms. The molecule has 0 unspecified atom stereocenters. The van der Waals surface area contributed by atoms with Crippen molar-refractivity contribution >= 4 is 11.7 Å². The van der Waals surface area contributed by atoms with E-state index < -0.39 is 0 Å². The Morgan fingerprint density at radius 1 is 1.14 bits per heavy atom. The summed E-state index contributed by atoms with van der Waals surface area (Å²) in [7, 11) is 1.86. The minimum Gasteiger partial charge on any atom is -0.309 e. The first-order valence-corrected chi connectivity index (χ1v) is 9.21. The zero-order chi connectivity index (χ0) is 21.0. The molecule has 2 heterocycles. The monoisotopic (exact) mass is 389 g/mol. The minimum atomic E-state index is -0.172. The van der Waals surface area contributed by atoms with Gasteiger partial charge in [0.2, 0.25) is 5.91 Å².